The van der Waals surface area contributed by atoms with E-state index in [4.69, 9.17) is 0 Å². The highest BCUT2D eigenvalue weighted by molar-refractivity contribution is 5.85. The molecule has 0 radical (unpaired) electrons. The van der Waals surface area contributed by atoms with Crippen LogP contribution in [0.15, 0.2) is 30.3 Å². The first kappa shape index (κ1) is 14.5. The quantitative estimate of drug-likeness (QED) is 0.787. The molecule has 0 amide bonds. The van der Waals surface area contributed by atoms with E-state index >= 15 is 0 Å². The van der Waals surface area contributed by atoms with E-state index in [1.54, 1.807) is 0 Å². The van der Waals surface area contributed by atoms with Crippen LogP contribution in [-0.2, 0) is 6.42 Å². The second-order valence-electron chi connectivity index (χ2n) is 4.92. The first-order valence-electron chi connectivity index (χ1n) is 6.70. The van der Waals surface area contributed by atoms with Gasteiger partial charge in [-0.3, -0.25) is 0 Å². The number of unbranched alkanes of at least 4 members (excludes halogenated alkanes) is 1. The zero-order chi connectivity index (χ0) is 11.1. The molecule has 1 heterocycles. The molecule has 1 aliphatic heterocycles. The van der Waals surface area contributed by atoms with Crippen molar-refractivity contribution >= 4 is 12.4 Å². The van der Waals surface area contributed by atoms with Crippen molar-refractivity contribution in [2.24, 2.45) is 5.92 Å². The van der Waals surface area contributed by atoms with Crippen molar-refractivity contribution in [3.63, 3.8) is 0 Å². The molecule has 2 heteroatoms. The standard InChI is InChI=1S/C15H23N.ClH/c1-2-6-14(7-3-1)8-4-5-9-15-10-12-16-13-11-15;/h1-3,6-7,15-16H,4-5,8-13H2;1H. The predicted molar refractivity (Wildman–Crippen MR) is 76.8 cm³/mol. The van der Waals surface area contributed by atoms with Crippen molar-refractivity contribution in [1.82, 2.24) is 5.32 Å². The van der Waals surface area contributed by atoms with Crippen molar-refractivity contribution in [3.8, 4) is 0 Å². The van der Waals surface area contributed by atoms with Gasteiger partial charge in [0, 0.05) is 0 Å². The molecule has 1 aliphatic rings. The minimum Gasteiger partial charge on any atom is -0.317 e. The normalized spacial score (nSPS) is 16.5. The van der Waals surface area contributed by atoms with Crippen molar-refractivity contribution < 1.29 is 0 Å². The molecule has 0 aromatic heterocycles. The Morgan fingerprint density at radius 3 is 2.41 bits per heavy atom. The lowest BCUT2D eigenvalue weighted by Crippen LogP contribution is -2.27. The molecule has 0 bridgehead atoms. The Labute approximate surface area is 111 Å². The molecule has 0 unspecified atom stereocenters. The molecular weight excluding hydrogens is 230 g/mol. The maximum atomic E-state index is 3.43. The summed E-state index contributed by atoms with van der Waals surface area (Å²) in [5, 5.41) is 3.43. The predicted octanol–water partition coefficient (Wildman–Crippen LogP) is 3.82. The van der Waals surface area contributed by atoms with E-state index < -0.39 is 0 Å². The van der Waals surface area contributed by atoms with Crippen molar-refractivity contribution in [2.75, 3.05) is 13.1 Å². The fourth-order valence-corrected chi connectivity index (χ4v) is 2.58. The van der Waals surface area contributed by atoms with Crippen molar-refractivity contribution in [2.45, 2.75) is 38.5 Å². The van der Waals surface area contributed by atoms with Gasteiger partial charge in [0.1, 0.15) is 0 Å². The highest BCUT2D eigenvalue weighted by Gasteiger charge is 2.11. The van der Waals surface area contributed by atoms with Crippen LogP contribution in [0, 0.1) is 5.92 Å². The third kappa shape index (κ3) is 5.56. The fourth-order valence-electron chi connectivity index (χ4n) is 2.58. The fraction of sp³-hybridized carbons (Fsp3) is 0.600. The molecule has 1 aromatic carbocycles. The molecule has 0 saturated carbocycles. The Balaban J connectivity index is 0.00000144. The number of benzene rings is 1. The number of aryl methyl sites for hydroxylation is 1. The van der Waals surface area contributed by atoms with Gasteiger partial charge in [0.05, 0.1) is 0 Å². The molecule has 1 saturated heterocycles. The summed E-state index contributed by atoms with van der Waals surface area (Å²) in [6, 6.07) is 10.9. The maximum absolute atomic E-state index is 3.43. The number of hydrogen-bond donors (Lipinski definition) is 1. The minimum absolute atomic E-state index is 0. The van der Waals surface area contributed by atoms with E-state index in [0.29, 0.717) is 0 Å². The second kappa shape index (κ2) is 8.54. The molecule has 1 nitrogen and oxygen atoms in total. The van der Waals surface area contributed by atoms with Gasteiger partial charge in [-0.2, -0.15) is 0 Å². The Hall–Kier alpha value is -0.530. The van der Waals surface area contributed by atoms with E-state index in [-0.39, 0.29) is 12.4 Å². The van der Waals surface area contributed by atoms with Crippen molar-refractivity contribution in [3.05, 3.63) is 35.9 Å². The molecule has 96 valence electrons. The SMILES string of the molecule is Cl.c1ccc(CCCCC2CCNCC2)cc1. The zero-order valence-corrected chi connectivity index (χ0v) is 11.3. The molecule has 0 atom stereocenters. The van der Waals surface area contributed by atoms with Crippen LogP contribution in [0.1, 0.15) is 37.7 Å². The number of halogens is 1. The van der Waals surface area contributed by atoms with Crippen LogP contribution < -0.4 is 5.32 Å². The largest absolute Gasteiger partial charge is 0.317 e. The van der Waals surface area contributed by atoms with Crippen molar-refractivity contribution in [1.29, 1.82) is 0 Å². The monoisotopic (exact) mass is 253 g/mol. The zero-order valence-electron chi connectivity index (χ0n) is 10.5. The summed E-state index contributed by atoms with van der Waals surface area (Å²) < 4.78 is 0. The van der Waals surface area contributed by atoms with Crippen LogP contribution in [0.25, 0.3) is 0 Å². The maximum Gasteiger partial charge on any atom is -0.00463 e. The molecule has 2 rings (SSSR count). The first-order valence-corrected chi connectivity index (χ1v) is 6.70. The average Bonchev–Trinajstić information content (AvgIpc) is 2.37. The third-order valence-electron chi connectivity index (χ3n) is 3.63. The van der Waals surface area contributed by atoms with Crippen LogP contribution in [0.4, 0.5) is 0 Å². The van der Waals surface area contributed by atoms with Gasteiger partial charge in [0.25, 0.3) is 0 Å². The van der Waals surface area contributed by atoms with Crippen LogP contribution in [0.2, 0.25) is 0 Å². The van der Waals surface area contributed by atoms with Gasteiger partial charge in [0.2, 0.25) is 0 Å². The molecule has 0 spiro atoms. The summed E-state index contributed by atoms with van der Waals surface area (Å²) >= 11 is 0. The lowest BCUT2D eigenvalue weighted by Gasteiger charge is -2.22. The van der Waals surface area contributed by atoms with Gasteiger partial charge in [-0.05, 0) is 50.3 Å². The van der Waals surface area contributed by atoms with E-state index in [2.05, 4.69) is 35.6 Å². The number of hydrogen-bond acceptors (Lipinski definition) is 1. The number of nitrogens with one attached hydrogen (secondary N) is 1. The Morgan fingerprint density at radius 2 is 1.71 bits per heavy atom. The minimum atomic E-state index is 0. The first-order chi connectivity index (χ1) is 7.95. The smallest absolute Gasteiger partial charge is 0.00463 e. The molecule has 1 aromatic rings. The second-order valence-corrected chi connectivity index (χ2v) is 4.92. The molecular formula is C15H24ClN. The third-order valence-corrected chi connectivity index (χ3v) is 3.63. The Bertz CT molecular complexity index is 280. The van der Waals surface area contributed by atoms with Crippen LogP contribution in [0.3, 0.4) is 0 Å². The Kier molecular flexibility index (Phi) is 7.30. The van der Waals surface area contributed by atoms with Gasteiger partial charge in [0.15, 0.2) is 0 Å². The lowest BCUT2D eigenvalue weighted by atomic mass is 9.92. The molecule has 0 aliphatic carbocycles. The lowest BCUT2D eigenvalue weighted by molar-refractivity contribution is 0.344. The summed E-state index contributed by atoms with van der Waals surface area (Å²) in [4.78, 5) is 0. The van der Waals surface area contributed by atoms with E-state index in [1.807, 2.05) is 0 Å². The summed E-state index contributed by atoms with van der Waals surface area (Å²) in [6.45, 7) is 2.48. The highest BCUT2D eigenvalue weighted by Crippen LogP contribution is 2.19. The van der Waals surface area contributed by atoms with Crippen LogP contribution in [-0.4, -0.2) is 13.1 Å². The Morgan fingerprint density at radius 1 is 1.00 bits per heavy atom. The number of piperidine rings is 1. The average molecular weight is 254 g/mol. The van der Waals surface area contributed by atoms with Gasteiger partial charge in [-0.25, -0.2) is 0 Å². The van der Waals surface area contributed by atoms with Crippen LogP contribution >= 0.6 is 12.4 Å². The van der Waals surface area contributed by atoms with Gasteiger partial charge in [-0.1, -0.05) is 43.2 Å². The van der Waals surface area contributed by atoms with Gasteiger partial charge < -0.3 is 5.32 Å². The van der Waals surface area contributed by atoms with Crippen LogP contribution in [0.5, 0.6) is 0 Å². The molecule has 1 N–H and O–H groups in total. The van der Waals surface area contributed by atoms with E-state index in [0.717, 1.165) is 5.92 Å². The number of rotatable bonds is 5. The summed E-state index contributed by atoms with van der Waals surface area (Å²) in [6.07, 6.45) is 8.24. The summed E-state index contributed by atoms with van der Waals surface area (Å²) in [5.41, 5.74) is 1.49. The van der Waals surface area contributed by atoms with Gasteiger partial charge >= 0.3 is 0 Å². The van der Waals surface area contributed by atoms with E-state index in [1.165, 1.54) is 57.2 Å². The van der Waals surface area contributed by atoms with E-state index in [9.17, 15) is 0 Å². The highest BCUT2D eigenvalue weighted by atomic mass is 35.5. The van der Waals surface area contributed by atoms with Gasteiger partial charge in [-0.15, -0.1) is 12.4 Å². The summed E-state index contributed by atoms with van der Waals surface area (Å²) in [5.74, 6) is 0.997. The summed E-state index contributed by atoms with van der Waals surface area (Å²) in [7, 11) is 0. The molecule has 1 fully saturated rings. The molecule has 17 heavy (non-hydrogen) atoms. The topological polar surface area (TPSA) is 12.0 Å².